The average Bonchev–Trinajstić information content (AvgIpc) is 3.45. The molecule has 0 aliphatic heterocycles. The Kier molecular flexibility index (Phi) is 6.28. The van der Waals surface area contributed by atoms with Crippen LogP contribution < -0.4 is 0 Å². The van der Waals surface area contributed by atoms with E-state index in [0.717, 1.165) is 45.2 Å². The highest BCUT2D eigenvalue weighted by Gasteiger charge is 2.55. The summed E-state index contributed by atoms with van der Waals surface area (Å²) in [7, 11) is 0. The summed E-state index contributed by atoms with van der Waals surface area (Å²) in [5, 5.41) is 22.1. The summed E-state index contributed by atoms with van der Waals surface area (Å²) in [6.07, 6.45) is -4.46. The fourth-order valence-electron chi connectivity index (χ4n) is 7.30. The fourth-order valence-corrected chi connectivity index (χ4v) is 7.30. The number of nitriles is 2. The third kappa shape index (κ3) is 4.12. The van der Waals surface area contributed by atoms with E-state index in [4.69, 9.17) is 0 Å². The second-order valence-corrected chi connectivity index (χ2v) is 11.4. The highest BCUT2D eigenvalue weighted by Crippen LogP contribution is 2.68. The Balaban J connectivity index is 1.58. The van der Waals surface area contributed by atoms with Gasteiger partial charge < -0.3 is 0 Å². The van der Waals surface area contributed by atoms with Crippen molar-refractivity contribution in [2.24, 2.45) is 0 Å². The summed E-state index contributed by atoms with van der Waals surface area (Å²) in [5.74, 6) is -1.46. The predicted octanol–water partition coefficient (Wildman–Crippen LogP) is 10.1. The van der Waals surface area contributed by atoms with Gasteiger partial charge in [0, 0.05) is 11.3 Å². The molecule has 0 bridgehead atoms. The molecule has 0 N–H and O–H groups in total. The van der Waals surface area contributed by atoms with Crippen molar-refractivity contribution >= 4 is 21.9 Å². The van der Waals surface area contributed by atoms with Gasteiger partial charge in [0.25, 0.3) is 0 Å². The van der Waals surface area contributed by atoms with Gasteiger partial charge in [-0.1, -0.05) is 73.7 Å². The average molecular weight is 601 g/mol. The van der Waals surface area contributed by atoms with E-state index in [2.05, 4.69) is 12.1 Å². The highest BCUT2D eigenvalue weighted by atomic mass is 19.4. The van der Waals surface area contributed by atoms with E-state index in [9.17, 15) is 32.5 Å². The van der Waals surface area contributed by atoms with Crippen LogP contribution in [-0.4, -0.2) is 0 Å². The number of rotatable bonds is 3. The summed E-state index contributed by atoms with van der Waals surface area (Å²) in [6.45, 7) is 2.03. The molecular formula is C38H21F5N2. The molecule has 7 rings (SSSR count). The van der Waals surface area contributed by atoms with Crippen LogP contribution >= 0.6 is 0 Å². The zero-order chi connectivity index (χ0) is 31.7. The third-order valence-electron chi connectivity index (χ3n) is 9.13. The molecule has 0 spiro atoms. The molecule has 0 aromatic heterocycles. The molecule has 5 aromatic carbocycles. The number of allylic oxidation sites excluding steroid dienone is 4. The van der Waals surface area contributed by atoms with E-state index >= 15 is 0 Å². The second-order valence-electron chi connectivity index (χ2n) is 11.4. The lowest BCUT2D eigenvalue weighted by Gasteiger charge is -2.33. The third-order valence-corrected chi connectivity index (χ3v) is 9.13. The summed E-state index contributed by atoms with van der Waals surface area (Å²) >= 11 is 0. The van der Waals surface area contributed by atoms with E-state index in [1.165, 1.54) is 36.4 Å². The van der Waals surface area contributed by atoms with Gasteiger partial charge in [0.05, 0.1) is 5.56 Å². The Morgan fingerprint density at radius 1 is 0.711 bits per heavy atom. The molecule has 5 aromatic rings. The molecule has 2 aliphatic rings. The maximum absolute atomic E-state index is 14.2. The molecule has 218 valence electrons. The number of fused-ring (bicyclic) bond motifs is 3. The first-order valence-electron chi connectivity index (χ1n) is 14.1. The first-order chi connectivity index (χ1) is 21.6. The largest absolute Gasteiger partial charge is 0.416 e. The van der Waals surface area contributed by atoms with Crippen LogP contribution in [0.4, 0.5) is 22.0 Å². The number of nitrogens with zero attached hydrogens (tertiary/aromatic N) is 2. The van der Waals surface area contributed by atoms with Crippen molar-refractivity contribution in [3.8, 4) is 23.3 Å². The van der Waals surface area contributed by atoms with Gasteiger partial charge in [-0.3, -0.25) is 0 Å². The van der Waals surface area contributed by atoms with Crippen LogP contribution in [0.25, 0.3) is 33.0 Å². The lowest BCUT2D eigenvalue weighted by molar-refractivity contribution is -0.137. The first-order valence-corrected chi connectivity index (χ1v) is 14.1. The van der Waals surface area contributed by atoms with Crippen LogP contribution in [0, 0.1) is 34.3 Å². The minimum absolute atomic E-state index is 0.0955. The summed E-state index contributed by atoms with van der Waals surface area (Å²) in [6, 6.07) is 30.7. The number of alkyl halides is 3. The molecule has 2 aliphatic carbocycles. The van der Waals surface area contributed by atoms with E-state index in [0.29, 0.717) is 27.8 Å². The molecule has 0 amide bonds. The Bertz CT molecular complexity index is 2160. The monoisotopic (exact) mass is 600 g/mol. The standard InChI is InChI=1S/C38H21F5N2/c1-37-31-18-17-28(21-5-11-25(12-6-21)38(41,42)43)29-3-2-4-30(34(29)31)36(37)32(22-7-13-26(39)14-8-22)33(24(19-44)20-45)35(37)23-9-15-27(40)16-10-23/h2-18,35H,1H3. The van der Waals surface area contributed by atoms with Crippen LogP contribution in [-0.2, 0) is 11.6 Å². The predicted molar refractivity (Wildman–Crippen MR) is 162 cm³/mol. The van der Waals surface area contributed by atoms with Gasteiger partial charge >= 0.3 is 6.18 Å². The van der Waals surface area contributed by atoms with Gasteiger partial charge in [0.1, 0.15) is 29.3 Å². The van der Waals surface area contributed by atoms with Gasteiger partial charge in [0.2, 0.25) is 0 Å². The van der Waals surface area contributed by atoms with E-state index in [1.54, 1.807) is 24.3 Å². The topological polar surface area (TPSA) is 47.6 Å². The molecule has 0 radical (unpaired) electrons. The highest BCUT2D eigenvalue weighted by molar-refractivity contribution is 6.19. The smallest absolute Gasteiger partial charge is 0.207 e. The van der Waals surface area contributed by atoms with E-state index in [-0.39, 0.29) is 5.57 Å². The molecule has 45 heavy (non-hydrogen) atoms. The van der Waals surface area contributed by atoms with Crippen molar-refractivity contribution in [3.63, 3.8) is 0 Å². The molecule has 2 nitrogen and oxygen atoms in total. The van der Waals surface area contributed by atoms with Gasteiger partial charge in [-0.25, -0.2) is 8.78 Å². The van der Waals surface area contributed by atoms with Crippen molar-refractivity contribution in [2.45, 2.75) is 24.4 Å². The molecule has 7 heteroatoms. The van der Waals surface area contributed by atoms with Gasteiger partial charge in [-0.15, -0.1) is 0 Å². The Morgan fingerprint density at radius 2 is 1.31 bits per heavy atom. The van der Waals surface area contributed by atoms with Gasteiger partial charge in [-0.05, 0) is 97.3 Å². The van der Waals surface area contributed by atoms with Gasteiger partial charge in [-0.2, -0.15) is 23.7 Å². The van der Waals surface area contributed by atoms with Gasteiger partial charge in [0.15, 0.2) is 0 Å². The summed E-state index contributed by atoms with van der Waals surface area (Å²) in [4.78, 5) is 0. The zero-order valence-electron chi connectivity index (χ0n) is 23.7. The lowest BCUT2D eigenvalue weighted by Crippen LogP contribution is -2.26. The van der Waals surface area contributed by atoms with Crippen LogP contribution in [0.1, 0.15) is 40.7 Å². The Morgan fingerprint density at radius 3 is 1.91 bits per heavy atom. The lowest BCUT2D eigenvalue weighted by atomic mass is 9.68. The normalized spacial score (nSPS) is 18.6. The van der Waals surface area contributed by atoms with Crippen LogP contribution in [0.15, 0.2) is 114 Å². The van der Waals surface area contributed by atoms with Crippen LogP contribution in [0.3, 0.4) is 0 Å². The van der Waals surface area contributed by atoms with Crippen LogP contribution in [0.2, 0.25) is 0 Å². The van der Waals surface area contributed by atoms with Crippen molar-refractivity contribution in [2.75, 3.05) is 0 Å². The van der Waals surface area contributed by atoms with Crippen LogP contribution in [0.5, 0.6) is 0 Å². The van der Waals surface area contributed by atoms with Crippen molar-refractivity contribution in [1.82, 2.24) is 0 Å². The van der Waals surface area contributed by atoms with Crippen molar-refractivity contribution in [3.05, 3.63) is 154 Å². The number of benzene rings is 5. The minimum atomic E-state index is -4.46. The molecular weight excluding hydrogens is 579 g/mol. The second kappa shape index (κ2) is 10.0. The number of halogens is 5. The first kappa shape index (κ1) is 28.3. The summed E-state index contributed by atoms with van der Waals surface area (Å²) in [5.41, 5.74) is 4.69. The molecule has 0 saturated carbocycles. The van der Waals surface area contributed by atoms with E-state index in [1.807, 2.05) is 37.3 Å². The minimum Gasteiger partial charge on any atom is -0.207 e. The number of hydrogen-bond acceptors (Lipinski definition) is 2. The quantitative estimate of drug-likeness (QED) is 0.153. The maximum atomic E-state index is 14.2. The fraction of sp³-hybridized carbons (Fsp3) is 0.105. The maximum Gasteiger partial charge on any atom is 0.416 e. The molecule has 2 unspecified atom stereocenters. The Labute approximate surface area is 255 Å². The number of hydrogen-bond donors (Lipinski definition) is 0. The zero-order valence-corrected chi connectivity index (χ0v) is 23.7. The summed E-state index contributed by atoms with van der Waals surface area (Å²) < 4.78 is 68.3. The Hall–Kier alpha value is -5.53. The molecule has 2 atom stereocenters. The van der Waals surface area contributed by atoms with Crippen molar-refractivity contribution in [1.29, 1.82) is 10.5 Å². The SMILES string of the molecule is CC12C(=C(c3ccc(F)cc3)C(=C(C#N)C#N)C1c1ccc(F)cc1)c1cccc3c(-c4ccc(C(F)(F)F)cc4)ccc2c13. The molecule has 0 fully saturated rings. The molecule has 0 heterocycles. The molecule has 0 saturated heterocycles. The van der Waals surface area contributed by atoms with E-state index < -0.39 is 34.7 Å². The van der Waals surface area contributed by atoms with Crippen molar-refractivity contribution < 1.29 is 22.0 Å².